The molecule has 0 aromatic heterocycles. The van der Waals surface area contributed by atoms with Gasteiger partial charge in [0.05, 0.1) is 10.8 Å². The number of nitro groups is 1. The van der Waals surface area contributed by atoms with Crippen LogP contribution in [-0.2, 0) is 14.8 Å². The number of nitrogens with zero attached hydrogens (tertiary/aromatic N) is 2. The van der Waals surface area contributed by atoms with E-state index >= 15 is 0 Å². The Bertz CT molecular complexity index is 735. The average Bonchev–Trinajstić information content (AvgIpc) is 2.81. The highest BCUT2D eigenvalue weighted by Gasteiger charge is 2.43. The maximum Gasteiger partial charge on any atom is 0.308 e. The Morgan fingerprint density at radius 3 is 2.59 bits per heavy atom. The van der Waals surface area contributed by atoms with E-state index in [2.05, 4.69) is 0 Å². The monoisotopic (exact) mass is 332 g/mol. The zero-order chi connectivity index (χ0) is 16.7. The van der Waals surface area contributed by atoms with Crippen molar-refractivity contribution in [2.45, 2.75) is 11.8 Å². The summed E-state index contributed by atoms with van der Waals surface area (Å²) in [7, 11) is -4.49. The predicted octanol–water partition coefficient (Wildman–Crippen LogP) is 1.08. The van der Waals surface area contributed by atoms with Crippen molar-refractivity contribution >= 4 is 21.7 Å². The molecule has 0 bridgehead atoms. The normalized spacial score (nSPS) is 22.6. The summed E-state index contributed by atoms with van der Waals surface area (Å²) < 4.78 is 39.6. The van der Waals surface area contributed by atoms with E-state index in [4.69, 9.17) is 5.11 Å². The zero-order valence-corrected chi connectivity index (χ0v) is 12.3. The Labute approximate surface area is 125 Å². The molecule has 8 nitrogen and oxygen atoms in total. The molecule has 1 aliphatic rings. The molecule has 10 heteroatoms. The molecule has 1 aromatic rings. The van der Waals surface area contributed by atoms with Gasteiger partial charge in [-0.05, 0) is 12.0 Å². The Balaban J connectivity index is 2.49. The first-order valence-electron chi connectivity index (χ1n) is 6.32. The van der Waals surface area contributed by atoms with Crippen LogP contribution in [-0.4, -0.2) is 41.8 Å². The van der Waals surface area contributed by atoms with Crippen molar-refractivity contribution in [1.82, 2.24) is 4.31 Å². The van der Waals surface area contributed by atoms with Gasteiger partial charge in [-0.3, -0.25) is 14.9 Å². The van der Waals surface area contributed by atoms with Crippen LogP contribution in [0.25, 0.3) is 0 Å². The van der Waals surface area contributed by atoms with Gasteiger partial charge in [-0.2, -0.15) is 4.31 Å². The minimum absolute atomic E-state index is 0.134. The molecule has 0 unspecified atom stereocenters. The largest absolute Gasteiger partial charge is 0.481 e. The maximum atomic E-state index is 13.9. The molecule has 0 amide bonds. The number of carboxylic acid groups (broad SMARTS) is 1. The highest BCUT2D eigenvalue weighted by molar-refractivity contribution is 7.89. The summed E-state index contributed by atoms with van der Waals surface area (Å²) in [4.78, 5) is 20.0. The summed E-state index contributed by atoms with van der Waals surface area (Å²) in [6.45, 7) is 1.08. The van der Waals surface area contributed by atoms with E-state index in [1.54, 1.807) is 6.92 Å². The van der Waals surface area contributed by atoms with Crippen LogP contribution in [0.1, 0.15) is 6.92 Å². The van der Waals surface area contributed by atoms with Crippen LogP contribution in [0.4, 0.5) is 10.1 Å². The minimum Gasteiger partial charge on any atom is -0.481 e. The van der Waals surface area contributed by atoms with Gasteiger partial charge in [0.15, 0.2) is 4.90 Å². The number of halogens is 1. The topological polar surface area (TPSA) is 118 Å². The van der Waals surface area contributed by atoms with E-state index in [1.807, 2.05) is 0 Å². The first-order chi connectivity index (χ1) is 10.2. The Morgan fingerprint density at radius 2 is 2.09 bits per heavy atom. The molecule has 1 saturated heterocycles. The number of rotatable bonds is 4. The standard InChI is InChI=1S/C12H13FN2O6S/c1-7-5-14(6-8(7)12(16)17)22(20,21)11-9(13)3-2-4-10(11)15(18)19/h2-4,7-8H,5-6H2,1H3,(H,16,17)/t7-,8-/m1/s1. The molecule has 1 aliphatic heterocycles. The molecular weight excluding hydrogens is 319 g/mol. The molecule has 0 saturated carbocycles. The number of aliphatic carboxylic acids is 1. The van der Waals surface area contributed by atoms with Gasteiger partial charge in [-0.25, -0.2) is 12.8 Å². The van der Waals surface area contributed by atoms with Crippen LogP contribution in [0.15, 0.2) is 23.1 Å². The summed E-state index contributed by atoms with van der Waals surface area (Å²) >= 11 is 0. The lowest BCUT2D eigenvalue weighted by Crippen LogP contribution is -2.31. The van der Waals surface area contributed by atoms with Gasteiger partial charge in [-0.15, -0.1) is 0 Å². The van der Waals surface area contributed by atoms with Crippen LogP contribution in [0.3, 0.4) is 0 Å². The molecule has 2 rings (SSSR count). The molecule has 0 spiro atoms. The molecule has 1 aromatic carbocycles. The van der Waals surface area contributed by atoms with Gasteiger partial charge >= 0.3 is 5.97 Å². The summed E-state index contributed by atoms with van der Waals surface area (Å²) in [5.74, 6) is -3.80. The number of sulfonamides is 1. The molecule has 2 atom stereocenters. The van der Waals surface area contributed by atoms with E-state index in [1.165, 1.54) is 0 Å². The minimum atomic E-state index is -4.49. The smallest absolute Gasteiger partial charge is 0.308 e. The number of nitro benzene ring substituents is 1. The van der Waals surface area contributed by atoms with Crippen molar-refractivity contribution < 1.29 is 27.6 Å². The van der Waals surface area contributed by atoms with Crippen LogP contribution >= 0.6 is 0 Å². The number of hydrogen-bond acceptors (Lipinski definition) is 5. The van der Waals surface area contributed by atoms with Gasteiger partial charge in [0, 0.05) is 19.2 Å². The molecular formula is C12H13FN2O6S. The second-order valence-corrected chi connectivity index (χ2v) is 6.96. The van der Waals surface area contributed by atoms with Crippen LogP contribution in [0.2, 0.25) is 0 Å². The second kappa shape index (κ2) is 5.61. The number of benzene rings is 1. The fraction of sp³-hybridized carbons (Fsp3) is 0.417. The van der Waals surface area contributed by atoms with Crippen molar-refractivity contribution in [2.24, 2.45) is 11.8 Å². The molecule has 22 heavy (non-hydrogen) atoms. The van der Waals surface area contributed by atoms with Crippen molar-refractivity contribution in [3.8, 4) is 0 Å². The SMILES string of the molecule is C[C@@H]1CN(S(=O)(=O)c2c(F)cccc2[N+](=O)[O-])C[C@H]1C(=O)O. The zero-order valence-electron chi connectivity index (χ0n) is 11.5. The summed E-state index contributed by atoms with van der Waals surface area (Å²) in [6.07, 6.45) is 0. The molecule has 0 radical (unpaired) electrons. The molecule has 1 heterocycles. The molecule has 1 fully saturated rings. The van der Waals surface area contributed by atoms with E-state index < -0.39 is 49.2 Å². The lowest BCUT2D eigenvalue weighted by molar-refractivity contribution is -0.388. The van der Waals surface area contributed by atoms with Gasteiger partial charge in [-0.1, -0.05) is 13.0 Å². The number of hydrogen-bond donors (Lipinski definition) is 1. The maximum absolute atomic E-state index is 13.9. The summed E-state index contributed by atoms with van der Waals surface area (Å²) in [5.41, 5.74) is -0.869. The predicted molar refractivity (Wildman–Crippen MR) is 72.1 cm³/mol. The third-order valence-electron chi connectivity index (χ3n) is 3.64. The van der Waals surface area contributed by atoms with Crippen molar-refractivity contribution in [3.63, 3.8) is 0 Å². The van der Waals surface area contributed by atoms with Crippen molar-refractivity contribution in [1.29, 1.82) is 0 Å². The third-order valence-corrected chi connectivity index (χ3v) is 5.53. The van der Waals surface area contributed by atoms with Crippen LogP contribution in [0, 0.1) is 27.8 Å². The number of carbonyl (C=O) groups is 1. The van der Waals surface area contributed by atoms with E-state index in [-0.39, 0.29) is 13.1 Å². The summed E-state index contributed by atoms with van der Waals surface area (Å²) in [5, 5.41) is 20.0. The van der Waals surface area contributed by atoms with Crippen molar-refractivity contribution in [2.75, 3.05) is 13.1 Å². The Hall–Kier alpha value is -2.07. The summed E-state index contributed by atoms with van der Waals surface area (Å²) in [6, 6.07) is 2.75. The number of carboxylic acids is 1. The highest BCUT2D eigenvalue weighted by Crippen LogP contribution is 2.33. The van der Waals surface area contributed by atoms with Crippen LogP contribution < -0.4 is 0 Å². The Kier molecular flexibility index (Phi) is 4.16. The molecule has 1 N–H and O–H groups in total. The first kappa shape index (κ1) is 16.3. The van der Waals surface area contributed by atoms with E-state index in [9.17, 15) is 27.7 Å². The lowest BCUT2D eigenvalue weighted by atomic mass is 9.99. The highest BCUT2D eigenvalue weighted by atomic mass is 32.2. The first-order valence-corrected chi connectivity index (χ1v) is 7.76. The van der Waals surface area contributed by atoms with E-state index in [0.29, 0.717) is 0 Å². The fourth-order valence-electron chi connectivity index (χ4n) is 2.47. The van der Waals surface area contributed by atoms with Crippen LogP contribution in [0.5, 0.6) is 0 Å². The second-order valence-electron chi connectivity index (χ2n) is 5.09. The van der Waals surface area contributed by atoms with Gasteiger partial charge in [0.2, 0.25) is 0 Å². The van der Waals surface area contributed by atoms with Gasteiger partial charge < -0.3 is 5.11 Å². The Morgan fingerprint density at radius 1 is 1.45 bits per heavy atom. The fourth-order valence-corrected chi connectivity index (χ4v) is 4.23. The molecule has 0 aliphatic carbocycles. The van der Waals surface area contributed by atoms with Crippen molar-refractivity contribution in [3.05, 3.63) is 34.1 Å². The quantitative estimate of drug-likeness (QED) is 0.651. The average molecular weight is 332 g/mol. The van der Waals surface area contributed by atoms with Gasteiger partial charge in [0.25, 0.3) is 15.7 Å². The molecule has 120 valence electrons. The lowest BCUT2D eigenvalue weighted by Gasteiger charge is -2.16. The third kappa shape index (κ3) is 2.66. The van der Waals surface area contributed by atoms with E-state index in [0.717, 1.165) is 22.5 Å². The van der Waals surface area contributed by atoms with Gasteiger partial charge in [0.1, 0.15) is 5.82 Å².